The number of rotatable bonds is 10. The molecule has 0 N–H and O–H groups in total. The predicted molar refractivity (Wildman–Crippen MR) is 118 cm³/mol. The first-order valence-electron chi connectivity index (χ1n) is 10.6. The summed E-state index contributed by atoms with van der Waals surface area (Å²) < 4.78 is 47.5. The van der Waals surface area contributed by atoms with E-state index in [1.807, 2.05) is 24.3 Å². The number of hydrogen-bond acceptors (Lipinski definition) is 3. The van der Waals surface area contributed by atoms with Gasteiger partial charge in [0.15, 0.2) is 6.29 Å². The second-order valence-corrected chi connectivity index (χ2v) is 7.50. The van der Waals surface area contributed by atoms with E-state index in [0.717, 1.165) is 12.8 Å². The Morgan fingerprint density at radius 1 is 0.844 bits per heavy atom. The molecule has 0 radical (unpaired) electrons. The highest BCUT2D eigenvalue weighted by Gasteiger charge is 2.31. The van der Waals surface area contributed by atoms with Crippen molar-refractivity contribution in [1.82, 2.24) is 0 Å². The summed E-state index contributed by atoms with van der Waals surface area (Å²) in [6.45, 7) is 2.18. The van der Waals surface area contributed by atoms with Gasteiger partial charge < -0.3 is 9.47 Å². The van der Waals surface area contributed by atoms with E-state index in [-0.39, 0.29) is 5.75 Å². The zero-order valence-electron chi connectivity index (χ0n) is 17.8. The fourth-order valence-electron chi connectivity index (χ4n) is 3.38. The van der Waals surface area contributed by atoms with Crippen LogP contribution in [-0.4, -0.2) is 12.6 Å². The van der Waals surface area contributed by atoms with Crippen LogP contribution in [0.2, 0.25) is 0 Å². The molecule has 0 heterocycles. The molecule has 3 aromatic carbocycles. The Morgan fingerprint density at radius 3 is 2.28 bits per heavy atom. The highest BCUT2D eigenvalue weighted by Crippen LogP contribution is 2.33. The van der Waals surface area contributed by atoms with Crippen LogP contribution in [0.15, 0.2) is 66.7 Å². The Balaban J connectivity index is 1.77. The number of alkyl halides is 3. The molecule has 32 heavy (non-hydrogen) atoms. The number of carbonyl (C=O) groups excluding carboxylic acids is 1. The van der Waals surface area contributed by atoms with Crippen molar-refractivity contribution in [2.45, 2.75) is 45.4 Å². The Morgan fingerprint density at radius 2 is 1.59 bits per heavy atom. The number of benzene rings is 3. The number of aldehydes is 1. The minimum Gasteiger partial charge on any atom is -0.457 e. The van der Waals surface area contributed by atoms with Gasteiger partial charge in [-0.1, -0.05) is 56.5 Å². The monoisotopic (exact) mass is 442 g/mol. The molecule has 0 spiro atoms. The van der Waals surface area contributed by atoms with Crippen LogP contribution in [0.25, 0.3) is 11.1 Å². The largest absolute Gasteiger partial charge is 0.573 e. The Kier molecular flexibility index (Phi) is 7.92. The molecular formula is C26H25F3O3. The molecule has 0 aliphatic rings. The van der Waals surface area contributed by atoms with Crippen LogP contribution in [0.1, 0.15) is 48.5 Å². The summed E-state index contributed by atoms with van der Waals surface area (Å²) in [4.78, 5) is 11.5. The molecule has 0 saturated carbocycles. The van der Waals surface area contributed by atoms with E-state index in [1.54, 1.807) is 24.3 Å². The second kappa shape index (κ2) is 10.8. The smallest absolute Gasteiger partial charge is 0.457 e. The quantitative estimate of drug-likeness (QED) is 0.236. The average Bonchev–Trinajstić information content (AvgIpc) is 2.77. The fourth-order valence-corrected chi connectivity index (χ4v) is 3.38. The fraction of sp³-hybridized carbons (Fsp3) is 0.269. The number of hydrogen-bond donors (Lipinski definition) is 0. The van der Waals surface area contributed by atoms with Crippen LogP contribution in [0.4, 0.5) is 13.2 Å². The van der Waals surface area contributed by atoms with Gasteiger partial charge in [0.2, 0.25) is 0 Å². The van der Waals surface area contributed by atoms with Gasteiger partial charge in [-0.05, 0) is 65.9 Å². The lowest BCUT2D eigenvalue weighted by atomic mass is 10.0. The molecule has 0 fully saturated rings. The lowest BCUT2D eigenvalue weighted by molar-refractivity contribution is -0.274. The lowest BCUT2D eigenvalue weighted by Gasteiger charge is -2.13. The molecule has 0 atom stereocenters. The average molecular weight is 442 g/mol. The molecule has 0 aliphatic carbocycles. The van der Waals surface area contributed by atoms with Gasteiger partial charge >= 0.3 is 6.36 Å². The highest BCUT2D eigenvalue weighted by molar-refractivity contribution is 5.82. The minimum atomic E-state index is -4.77. The van der Waals surface area contributed by atoms with Gasteiger partial charge in [-0.25, -0.2) is 0 Å². The molecule has 6 heteroatoms. The molecular weight excluding hydrogens is 417 g/mol. The lowest BCUT2D eigenvalue weighted by Crippen LogP contribution is -2.17. The van der Waals surface area contributed by atoms with Crippen LogP contribution in [0.3, 0.4) is 0 Å². The summed E-state index contributed by atoms with van der Waals surface area (Å²) in [7, 11) is 0. The van der Waals surface area contributed by atoms with E-state index in [2.05, 4.69) is 11.7 Å². The summed E-state index contributed by atoms with van der Waals surface area (Å²) in [5.74, 6) is 0.596. The Labute approximate surface area is 185 Å². The van der Waals surface area contributed by atoms with Gasteiger partial charge in [-0.3, -0.25) is 4.79 Å². The molecule has 0 saturated heterocycles. The van der Waals surface area contributed by atoms with E-state index in [9.17, 15) is 18.0 Å². The first-order valence-corrected chi connectivity index (χ1v) is 10.6. The van der Waals surface area contributed by atoms with E-state index in [1.165, 1.54) is 43.0 Å². The molecule has 0 unspecified atom stereocenters. The first-order chi connectivity index (χ1) is 15.4. The van der Waals surface area contributed by atoms with Crippen LogP contribution in [0.5, 0.6) is 17.2 Å². The number of unbranched alkanes of at least 4 members (excludes halogenated alkanes) is 3. The standard InChI is InChI=1S/C26H25F3O3/c1-2-3-4-5-7-19-10-14-23(15-11-19)31-25-17-21(12-13-22(25)18-30)20-8-6-9-24(16-20)32-26(27,28)29/h6,8-18H,2-5,7H2,1H3. The van der Waals surface area contributed by atoms with Gasteiger partial charge in [0.1, 0.15) is 17.2 Å². The maximum Gasteiger partial charge on any atom is 0.573 e. The summed E-state index contributed by atoms with van der Waals surface area (Å²) in [5.41, 5.74) is 2.68. The molecule has 3 rings (SSSR count). The van der Waals surface area contributed by atoms with Crippen molar-refractivity contribution in [3.63, 3.8) is 0 Å². The van der Waals surface area contributed by atoms with E-state index >= 15 is 0 Å². The van der Waals surface area contributed by atoms with E-state index in [0.29, 0.717) is 34.5 Å². The van der Waals surface area contributed by atoms with Gasteiger partial charge in [0, 0.05) is 0 Å². The van der Waals surface area contributed by atoms with Gasteiger partial charge in [-0.2, -0.15) is 0 Å². The Hall–Kier alpha value is -3.28. The predicted octanol–water partition coefficient (Wildman–Crippen LogP) is 7.98. The van der Waals surface area contributed by atoms with Crippen LogP contribution < -0.4 is 9.47 Å². The zero-order chi connectivity index (χ0) is 23.0. The third-order valence-electron chi connectivity index (χ3n) is 5.01. The molecule has 168 valence electrons. The highest BCUT2D eigenvalue weighted by atomic mass is 19.4. The molecule has 0 aliphatic heterocycles. The topological polar surface area (TPSA) is 35.5 Å². The van der Waals surface area contributed by atoms with E-state index in [4.69, 9.17) is 4.74 Å². The number of halogens is 3. The summed E-state index contributed by atoms with van der Waals surface area (Å²) in [5, 5.41) is 0. The summed E-state index contributed by atoms with van der Waals surface area (Å²) >= 11 is 0. The maximum atomic E-state index is 12.5. The van der Waals surface area contributed by atoms with E-state index < -0.39 is 6.36 Å². The summed E-state index contributed by atoms with van der Waals surface area (Å²) in [6, 6.07) is 18.3. The van der Waals surface area contributed by atoms with Crippen LogP contribution in [-0.2, 0) is 6.42 Å². The van der Waals surface area contributed by atoms with Crippen molar-refractivity contribution in [1.29, 1.82) is 0 Å². The first kappa shape index (κ1) is 23.4. The van der Waals surface area contributed by atoms with Crippen molar-refractivity contribution in [3.05, 3.63) is 77.9 Å². The molecule has 3 aromatic rings. The second-order valence-electron chi connectivity index (χ2n) is 7.50. The summed E-state index contributed by atoms with van der Waals surface area (Å²) in [6.07, 6.45) is 1.70. The zero-order valence-corrected chi connectivity index (χ0v) is 17.8. The van der Waals surface area contributed by atoms with Gasteiger partial charge in [0.05, 0.1) is 5.56 Å². The number of ether oxygens (including phenoxy) is 2. The normalized spacial score (nSPS) is 11.2. The third kappa shape index (κ3) is 6.87. The van der Waals surface area contributed by atoms with Crippen molar-refractivity contribution in [3.8, 4) is 28.4 Å². The van der Waals surface area contributed by atoms with Crippen molar-refractivity contribution in [2.24, 2.45) is 0 Å². The molecule has 3 nitrogen and oxygen atoms in total. The maximum absolute atomic E-state index is 12.5. The van der Waals surface area contributed by atoms with Crippen molar-refractivity contribution >= 4 is 6.29 Å². The van der Waals surface area contributed by atoms with Crippen molar-refractivity contribution in [2.75, 3.05) is 0 Å². The van der Waals surface area contributed by atoms with Crippen LogP contribution in [0, 0.1) is 0 Å². The van der Waals surface area contributed by atoms with Gasteiger partial charge in [0.25, 0.3) is 0 Å². The molecule has 0 aromatic heterocycles. The van der Waals surface area contributed by atoms with Crippen LogP contribution >= 0.6 is 0 Å². The minimum absolute atomic E-state index is 0.313. The molecule has 0 amide bonds. The number of aryl methyl sites for hydroxylation is 1. The van der Waals surface area contributed by atoms with Crippen molar-refractivity contribution < 1.29 is 27.4 Å². The third-order valence-corrected chi connectivity index (χ3v) is 5.01. The molecule has 0 bridgehead atoms. The SMILES string of the molecule is CCCCCCc1ccc(Oc2cc(-c3cccc(OC(F)(F)F)c3)ccc2C=O)cc1. The Bertz CT molecular complexity index is 1030. The van der Waals surface area contributed by atoms with Gasteiger partial charge in [-0.15, -0.1) is 13.2 Å². The number of carbonyl (C=O) groups is 1.